The number of nitrogens with zero attached hydrogens (tertiary/aromatic N) is 2. The van der Waals surface area contributed by atoms with Gasteiger partial charge >= 0.3 is 19.8 Å². The van der Waals surface area contributed by atoms with Gasteiger partial charge in [0.2, 0.25) is 0 Å². The second-order valence-corrected chi connectivity index (χ2v) is 8.36. The Balaban J connectivity index is 1.81. The number of hydrogen-bond acceptors (Lipinski definition) is 8. The van der Waals surface area contributed by atoms with Crippen molar-refractivity contribution in [3.63, 3.8) is 0 Å². The molecule has 1 aliphatic rings. The summed E-state index contributed by atoms with van der Waals surface area (Å²) in [6.07, 6.45) is 1.33. The Hall–Kier alpha value is -1.87. The highest BCUT2D eigenvalue weighted by Crippen LogP contribution is 2.34. The van der Waals surface area contributed by atoms with Crippen LogP contribution in [0.5, 0.6) is 0 Å². The molecule has 0 aliphatic carbocycles. The van der Waals surface area contributed by atoms with E-state index in [0.29, 0.717) is 13.0 Å². The van der Waals surface area contributed by atoms with Crippen molar-refractivity contribution in [2.75, 3.05) is 18.9 Å². The summed E-state index contributed by atoms with van der Waals surface area (Å²) in [6, 6.07) is 0.778. The van der Waals surface area contributed by atoms with Crippen molar-refractivity contribution in [1.29, 1.82) is 0 Å². The normalized spacial score (nSPS) is 23.6. The van der Waals surface area contributed by atoms with E-state index >= 15 is 0 Å². The molecule has 0 amide bonds. The van der Waals surface area contributed by atoms with Crippen molar-refractivity contribution < 1.29 is 23.4 Å². The van der Waals surface area contributed by atoms with Crippen LogP contribution in [0.3, 0.4) is 0 Å². The van der Waals surface area contributed by atoms with Gasteiger partial charge in [-0.1, -0.05) is 25.9 Å². The van der Waals surface area contributed by atoms with E-state index in [0.717, 1.165) is 0 Å². The summed E-state index contributed by atoms with van der Waals surface area (Å²) in [5, 5.41) is 2.57. The van der Waals surface area contributed by atoms with E-state index in [1.807, 2.05) is 20.8 Å². The van der Waals surface area contributed by atoms with Gasteiger partial charge in [-0.05, 0) is 29.9 Å². The molecule has 2 heterocycles. The summed E-state index contributed by atoms with van der Waals surface area (Å²) in [6.45, 7) is 7.73. The van der Waals surface area contributed by atoms with Gasteiger partial charge < -0.3 is 15.2 Å². The quantitative estimate of drug-likeness (QED) is 0.455. The van der Waals surface area contributed by atoms with Gasteiger partial charge in [0, 0.05) is 12.1 Å². The Bertz CT molecular complexity index is 755. The fourth-order valence-electron chi connectivity index (χ4n) is 2.76. The first-order chi connectivity index (χ1) is 13.2. The lowest BCUT2D eigenvalue weighted by Crippen LogP contribution is -2.32. The van der Waals surface area contributed by atoms with Crippen LogP contribution in [0.1, 0.15) is 40.3 Å². The molecule has 1 aliphatic heterocycles. The third-order valence-corrected chi connectivity index (χ3v) is 5.15. The Kier molecular flexibility index (Phi) is 8.06. The lowest BCUT2D eigenvalue weighted by Gasteiger charge is -2.17. The molecular weight excluding hydrogens is 387 g/mol. The monoisotopic (exact) mass is 415 g/mol. The van der Waals surface area contributed by atoms with Gasteiger partial charge in [-0.2, -0.15) is 4.98 Å². The van der Waals surface area contributed by atoms with Crippen molar-refractivity contribution in [2.24, 2.45) is 11.8 Å². The number of anilines is 1. The Morgan fingerprint density at radius 1 is 1.50 bits per heavy atom. The first kappa shape index (κ1) is 22.4. The SMILES string of the molecule is CC(C)COC(=O)[C@H](C)N[P+](=O)OC[C@@H]1C[C@H](C)[C@@H](n2ccc(N)nc2=O)O1. The van der Waals surface area contributed by atoms with Gasteiger partial charge in [-0.15, -0.1) is 4.52 Å². The molecule has 0 aromatic carbocycles. The van der Waals surface area contributed by atoms with Gasteiger partial charge in [0.05, 0.1) is 12.7 Å². The highest BCUT2D eigenvalue weighted by molar-refractivity contribution is 7.36. The van der Waals surface area contributed by atoms with Crippen LogP contribution in [-0.2, 0) is 23.4 Å². The van der Waals surface area contributed by atoms with Gasteiger partial charge in [0.25, 0.3) is 0 Å². The molecule has 10 nitrogen and oxygen atoms in total. The van der Waals surface area contributed by atoms with Gasteiger partial charge in [0.15, 0.2) is 0 Å². The van der Waals surface area contributed by atoms with Crippen LogP contribution in [0, 0.1) is 11.8 Å². The summed E-state index contributed by atoms with van der Waals surface area (Å²) in [5.41, 5.74) is 5.02. The van der Waals surface area contributed by atoms with Crippen LogP contribution in [0.25, 0.3) is 0 Å². The van der Waals surface area contributed by atoms with Gasteiger partial charge in [0.1, 0.15) is 24.7 Å². The summed E-state index contributed by atoms with van der Waals surface area (Å²) in [7, 11) is -2.27. The van der Waals surface area contributed by atoms with Crippen LogP contribution in [0.2, 0.25) is 0 Å². The third-order valence-electron chi connectivity index (χ3n) is 4.17. The lowest BCUT2D eigenvalue weighted by atomic mass is 10.1. The minimum Gasteiger partial charge on any atom is -0.464 e. The van der Waals surface area contributed by atoms with Crippen LogP contribution < -0.4 is 16.5 Å². The number of carbonyl (C=O) groups excluding carboxylic acids is 1. The number of nitrogen functional groups attached to an aromatic ring is 1. The molecule has 0 radical (unpaired) electrons. The summed E-state index contributed by atoms with van der Waals surface area (Å²) < 4.78 is 29.7. The van der Waals surface area contributed by atoms with Crippen molar-refractivity contribution >= 4 is 20.0 Å². The van der Waals surface area contributed by atoms with Crippen molar-refractivity contribution in [2.45, 2.75) is 52.5 Å². The van der Waals surface area contributed by atoms with Crippen LogP contribution in [-0.4, -0.2) is 40.9 Å². The molecule has 156 valence electrons. The van der Waals surface area contributed by atoms with Crippen LogP contribution in [0.15, 0.2) is 17.1 Å². The van der Waals surface area contributed by atoms with Crippen molar-refractivity contribution in [3.05, 3.63) is 22.7 Å². The second kappa shape index (κ2) is 10.1. The van der Waals surface area contributed by atoms with Gasteiger partial charge in [-0.3, -0.25) is 9.36 Å². The Labute approximate surface area is 164 Å². The van der Waals surface area contributed by atoms with E-state index in [-0.39, 0.29) is 30.4 Å². The first-order valence-corrected chi connectivity index (χ1v) is 10.4. The molecule has 0 saturated carbocycles. The maximum atomic E-state index is 12.0. The predicted molar refractivity (Wildman–Crippen MR) is 103 cm³/mol. The first-order valence-electron chi connectivity index (χ1n) is 9.20. The maximum Gasteiger partial charge on any atom is 0.613 e. The Morgan fingerprint density at radius 2 is 2.21 bits per heavy atom. The minimum atomic E-state index is -2.27. The average molecular weight is 415 g/mol. The predicted octanol–water partition coefficient (Wildman–Crippen LogP) is 1.60. The van der Waals surface area contributed by atoms with E-state index in [4.69, 9.17) is 19.7 Å². The van der Waals surface area contributed by atoms with Crippen molar-refractivity contribution in [3.8, 4) is 0 Å². The number of nitrogens with one attached hydrogen (secondary N) is 1. The summed E-state index contributed by atoms with van der Waals surface area (Å²) in [5.74, 6) is -0.0792. The maximum absolute atomic E-state index is 12.0. The largest absolute Gasteiger partial charge is 0.613 e. The highest BCUT2D eigenvalue weighted by atomic mass is 31.1. The molecule has 0 spiro atoms. The topological polar surface area (TPSA) is 135 Å². The number of esters is 1. The molecule has 1 saturated heterocycles. The van der Waals surface area contributed by atoms with Crippen LogP contribution >= 0.6 is 8.18 Å². The smallest absolute Gasteiger partial charge is 0.464 e. The molecule has 5 atom stereocenters. The van der Waals surface area contributed by atoms with E-state index in [9.17, 15) is 14.2 Å². The van der Waals surface area contributed by atoms with Gasteiger partial charge in [-0.25, -0.2) is 4.79 Å². The molecule has 11 heteroatoms. The third kappa shape index (κ3) is 6.34. The number of carbonyl (C=O) groups is 1. The van der Waals surface area contributed by atoms with E-state index in [1.165, 1.54) is 10.6 Å². The zero-order chi connectivity index (χ0) is 20.8. The average Bonchev–Trinajstić information content (AvgIpc) is 2.98. The summed E-state index contributed by atoms with van der Waals surface area (Å²) >= 11 is 0. The molecule has 2 rings (SSSR count). The van der Waals surface area contributed by atoms with Crippen molar-refractivity contribution in [1.82, 2.24) is 14.6 Å². The van der Waals surface area contributed by atoms with E-state index < -0.39 is 32.1 Å². The number of rotatable bonds is 9. The molecule has 1 aromatic heterocycles. The van der Waals surface area contributed by atoms with E-state index in [2.05, 4.69) is 10.1 Å². The minimum absolute atomic E-state index is 0.0347. The molecular formula is C17H28N4O6P+. The molecule has 28 heavy (non-hydrogen) atoms. The zero-order valence-electron chi connectivity index (χ0n) is 16.5. The molecule has 1 aromatic rings. The lowest BCUT2D eigenvalue weighted by molar-refractivity contribution is -0.146. The molecule has 1 unspecified atom stereocenters. The fraction of sp³-hybridized carbons (Fsp3) is 0.706. The zero-order valence-corrected chi connectivity index (χ0v) is 17.4. The standard InChI is InChI=1S/C17H27N4O6P/c1-10(2)8-25-16(22)12(4)20-28(24)26-9-13-7-11(3)15(27-13)21-6-5-14(18)19-17(21)23/h5-6,10-13,15H,7-9H2,1-4H3,(H2-,18,19,20,23,24)/p+1/t11-,12-,13-,15-/m0/s1. The Morgan fingerprint density at radius 3 is 2.86 bits per heavy atom. The molecule has 1 fully saturated rings. The molecule has 3 N–H and O–H groups in total. The number of aromatic nitrogens is 2. The van der Waals surface area contributed by atoms with E-state index in [1.54, 1.807) is 13.1 Å². The highest BCUT2D eigenvalue weighted by Gasteiger charge is 2.37. The number of hydrogen-bond donors (Lipinski definition) is 2. The number of ether oxygens (including phenoxy) is 2. The molecule has 0 bridgehead atoms. The number of nitrogens with two attached hydrogens (primary N) is 1. The second-order valence-electron chi connectivity index (χ2n) is 7.33. The van der Waals surface area contributed by atoms with Crippen LogP contribution in [0.4, 0.5) is 5.82 Å². The fourth-order valence-corrected chi connectivity index (χ4v) is 3.56. The summed E-state index contributed by atoms with van der Waals surface area (Å²) in [4.78, 5) is 27.5.